The second-order valence-corrected chi connectivity index (χ2v) is 6.08. The number of hydrogen-bond acceptors (Lipinski definition) is 4. The summed E-state index contributed by atoms with van der Waals surface area (Å²) in [6.45, 7) is 4.02. The molecular weight excluding hydrogens is 358 g/mol. The molecule has 2 rings (SSSR count). The topological polar surface area (TPSA) is 101 Å². The summed E-state index contributed by atoms with van der Waals surface area (Å²) in [6.07, 6.45) is 1.88. The van der Waals surface area contributed by atoms with Crippen molar-refractivity contribution >= 4 is 17.4 Å². The molecule has 0 bridgehead atoms. The van der Waals surface area contributed by atoms with Gasteiger partial charge in [0, 0.05) is 19.2 Å². The first kappa shape index (κ1) is 20.3. The van der Waals surface area contributed by atoms with Crippen LogP contribution in [0.2, 0.25) is 0 Å². The van der Waals surface area contributed by atoms with E-state index in [-0.39, 0.29) is 24.6 Å². The van der Waals surface area contributed by atoms with Crippen LogP contribution in [0.3, 0.4) is 0 Å². The average molecular weight is 380 g/mol. The lowest BCUT2D eigenvalue weighted by atomic mass is 10.1. The maximum Gasteiger partial charge on any atom is 0.330 e. The van der Waals surface area contributed by atoms with Crippen LogP contribution in [0.4, 0.5) is 20.3 Å². The second-order valence-electron chi connectivity index (χ2n) is 6.08. The van der Waals surface area contributed by atoms with E-state index >= 15 is 0 Å². The lowest BCUT2D eigenvalue weighted by Gasteiger charge is -2.24. The summed E-state index contributed by atoms with van der Waals surface area (Å²) in [6, 6.07) is 2.55. The Morgan fingerprint density at radius 2 is 1.93 bits per heavy atom. The number of nitrogens with zero attached hydrogens (tertiary/aromatic N) is 2. The number of H-pyrrole nitrogens is 1. The van der Waals surface area contributed by atoms with Crippen molar-refractivity contribution < 1.29 is 13.6 Å². The molecule has 0 unspecified atom stereocenters. The zero-order valence-corrected chi connectivity index (χ0v) is 15.2. The van der Waals surface area contributed by atoms with Crippen LogP contribution in [0.25, 0.3) is 0 Å². The molecule has 2 aromatic rings. The highest BCUT2D eigenvalue weighted by Crippen LogP contribution is 2.21. The number of hydrogen-bond donors (Lipinski definition) is 2. The predicted molar refractivity (Wildman–Crippen MR) is 99.0 cm³/mol. The number of nitrogens with one attached hydrogen (secondary N) is 1. The van der Waals surface area contributed by atoms with Crippen LogP contribution in [0.5, 0.6) is 0 Å². The molecule has 1 heterocycles. The summed E-state index contributed by atoms with van der Waals surface area (Å²) >= 11 is 0. The number of aromatic nitrogens is 2. The molecule has 3 N–H and O–H groups in total. The normalized spacial score (nSPS) is 10.8. The van der Waals surface area contributed by atoms with Gasteiger partial charge in [-0.2, -0.15) is 0 Å². The summed E-state index contributed by atoms with van der Waals surface area (Å²) in [5.74, 6) is -2.87. The van der Waals surface area contributed by atoms with Gasteiger partial charge in [-0.1, -0.05) is 20.3 Å². The predicted octanol–water partition coefficient (Wildman–Crippen LogP) is 2.25. The number of rotatable bonds is 7. The van der Waals surface area contributed by atoms with Crippen molar-refractivity contribution in [3.63, 3.8) is 0 Å². The van der Waals surface area contributed by atoms with Crippen molar-refractivity contribution in [2.24, 2.45) is 0 Å². The van der Waals surface area contributed by atoms with Gasteiger partial charge in [0.25, 0.3) is 11.5 Å². The van der Waals surface area contributed by atoms with E-state index in [0.29, 0.717) is 18.9 Å². The van der Waals surface area contributed by atoms with E-state index in [9.17, 15) is 23.2 Å². The number of benzene rings is 1. The van der Waals surface area contributed by atoms with Crippen molar-refractivity contribution in [3.05, 3.63) is 56.2 Å². The number of nitrogen functional groups attached to an aromatic ring is 1. The Bertz CT molecular complexity index is 953. The van der Waals surface area contributed by atoms with E-state index in [1.54, 1.807) is 6.92 Å². The Hall–Kier alpha value is -2.97. The lowest BCUT2D eigenvalue weighted by Crippen LogP contribution is -2.41. The van der Waals surface area contributed by atoms with Gasteiger partial charge in [0.05, 0.1) is 5.56 Å². The first-order chi connectivity index (χ1) is 12.8. The van der Waals surface area contributed by atoms with E-state index in [2.05, 4.69) is 4.98 Å². The van der Waals surface area contributed by atoms with Crippen LogP contribution in [0, 0.1) is 11.6 Å². The summed E-state index contributed by atoms with van der Waals surface area (Å²) in [5, 5.41) is 0. The van der Waals surface area contributed by atoms with Crippen LogP contribution in [0.1, 0.15) is 43.5 Å². The molecule has 0 fully saturated rings. The number of anilines is 2. The van der Waals surface area contributed by atoms with Gasteiger partial charge in [-0.05, 0) is 25.0 Å². The quantitative estimate of drug-likeness (QED) is 0.769. The molecule has 0 aliphatic rings. The highest BCUT2D eigenvalue weighted by atomic mass is 19.1. The van der Waals surface area contributed by atoms with Gasteiger partial charge in [0.15, 0.2) is 5.69 Å². The standard InChI is InChI=1S/C18H22F2N4O3/c1-3-5-9-24-15(21)14(16(25)22-18(24)27)23(8-4-2)17(26)12-7-6-11(19)10-13(12)20/h6-7,10H,3-5,8-9,21H2,1-2H3,(H,22,25,27). The molecule has 1 aromatic carbocycles. The van der Waals surface area contributed by atoms with Crippen molar-refractivity contribution in [1.82, 2.24) is 9.55 Å². The molecule has 0 spiro atoms. The molecule has 0 saturated heterocycles. The van der Waals surface area contributed by atoms with E-state index in [4.69, 9.17) is 5.73 Å². The SMILES string of the molecule is CCCCn1c(N)c(N(CCC)C(=O)c2ccc(F)cc2F)c(=O)[nH]c1=O. The summed E-state index contributed by atoms with van der Waals surface area (Å²) in [4.78, 5) is 40.5. The van der Waals surface area contributed by atoms with Gasteiger partial charge < -0.3 is 10.6 Å². The second kappa shape index (κ2) is 8.61. The number of carbonyl (C=O) groups excluding carboxylic acids is 1. The Labute approximate surface area is 154 Å². The van der Waals surface area contributed by atoms with Crippen LogP contribution >= 0.6 is 0 Å². The summed E-state index contributed by atoms with van der Waals surface area (Å²) in [7, 11) is 0. The maximum atomic E-state index is 14.1. The van der Waals surface area contributed by atoms with Gasteiger partial charge in [-0.25, -0.2) is 13.6 Å². The Morgan fingerprint density at radius 3 is 2.52 bits per heavy atom. The molecule has 9 heteroatoms. The highest BCUT2D eigenvalue weighted by Gasteiger charge is 2.26. The molecule has 0 saturated carbocycles. The zero-order chi connectivity index (χ0) is 20.1. The number of unbranched alkanes of at least 4 members (excludes halogenated alkanes) is 1. The number of aromatic amines is 1. The van der Waals surface area contributed by atoms with Crippen LogP contribution in [-0.2, 0) is 6.54 Å². The van der Waals surface area contributed by atoms with Gasteiger partial charge in [0.1, 0.15) is 17.5 Å². The van der Waals surface area contributed by atoms with Gasteiger partial charge in [0.2, 0.25) is 0 Å². The largest absolute Gasteiger partial charge is 0.383 e. The summed E-state index contributed by atoms with van der Waals surface area (Å²) < 4.78 is 28.4. The van der Waals surface area contributed by atoms with Crippen LogP contribution in [0.15, 0.2) is 27.8 Å². The molecule has 7 nitrogen and oxygen atoms in total. The smallest absolute Gasteiger partial charge is 0.330 e. The molecule has 1 amide bonds. The fourth-order valence-electron chi connectivity index (χ4n) is 2.72. The third kappa shape index (κ3) is 4.24. The Morgan fingerprint density at radius 1 is 1.22 bits per heavy atom. The monoisotopic (exact) mass is 380 g/mol. The van der Waals surface area contributed by atoms with Gasteiger partial charge in [-0.15, -0.1) is 0 Å². The molecule has 0 aliphatic carbocycles. The van der Waals surface area contributed by atoms with Crippen molar-refractivity contribution in [3.8, 4) is 0 Å². The minimum Gasteiger partial charge on any atom is -0.383 e. The first-order valence-electron chi connectivity index (χ1n) is 8.71. The third-order valence-corrected chi connectivity index (χ3v) is 4.07. The van der Waals surface area contributed by atoms with Gasteiger partial charge in [-0.3, -0.25) is 19.1 Å². The minimum absolute atomic E-state index is 0.0644. The van der Waals surface area contributed by atoms with E-state index in [0.717, 1.165) is 23.5 Å². The van der Waals surface area contributed by atoms with Crippen LogP contribution in [-0.4, -0.2) is 22.0 Å². The van der Waals surface area contributed by atoms with E-state index in [1.165, 1.54) is 4.57 Å². The molecule has 27 heavy (non-hydrogen) atoms. The average Bonchev–Trinajstić information content (AvgIpc) is 2.60. The van der Waals surface area contributed by atoms with Crippen molar-refractivity contribution in [1.29, 1.82) is 0 Å². The zero-order valence-electron chi connectivity index (χ0n) is 15.2. The number of carbonyl (C=O) groups is 1. The number of amides is 1. The minimum atomic E-state index is -1.05. The number of halogens is 2. The van der Waals surface area contributed by atoms with Crippen LogP contribution < -0.4 is 21.9 Å². The summed E-state index contributed by atoms with van der Waals surface area (Å²) in [5.41, 5.74) is 3.90. The first-order valence-corrected chi connectivity index (χ1v) is 8.71. The number of nitrogens with two attached hydrogens (primary N) is 1. The fraction of sp³-hybridized carbons (Fsp3) is 0.389. The Kier molecular flexibility index (Phi) is 6.49. The molecule has 1 aromatic heterocycles. The van der Waals surface area contributed by atoms with E-state index < -0.39 is 34.4 Å². The van der Waals surface area contributed by atoms with Crippen molar-refractivity contribution in [2.45, 2.75) is 39.7 Å². The van der Waals surface area contributed by atoms with Gasteiger partial charge >= 0.3 is 5.69 Å². The fourth-order valence-corrected chi connectivity index (χ4v) is 2.72. The maximum absolute atomic E-state index is 14.1. The highest BCUT2D eigenvalue weighted by molar-refractivity contribution is 6.07. The molecule has 146 valence electrons. The molecular formula is C18H22F2N4O3. The van der Waals surface area contributed by atoms with Crippen molar-refractivity contribution in [2.75, 3.05) is 17.2 Å². The third-order valence-electron chi connectivity index (χ3n) is 4.07. The molecule has 0 aliphatic heterocycles. The van der Waals surface area contributed by atoms with E-state index in [1.807, 2.05) is 6.92 Å². The Balaban J connectivity index is 2.61. The molecule has 0 radical (unpaired) electrons. The lowest BCUT2D eigenvalue weighted by molar-refractivity contribution is 0.0982. The molecule has 0 atom stereocenters.